The van der Waals surface area contributed by atoms with Crippen molar-refractivity contribution in [2.24, 2.45) is 0 Å². The number of rotatable bonds is 8. The molecule has 314 valence electrons. The van der Waals surface area contributed by atoms with Crippen LogP contribution in [0.1, 0.15) is 0 Å². The summed E-state index contributed by atoms with van der Waals surface area (Å²) in [4.78, 5) is 2.47. The summed E-state index contributed by atoms with van der Waals surface area (Å²) in [5, 5.41) is 7.09. The van der Waals surface area contributed by atoms with Crippen LogP contribution in [-0.4, -0.2) is 4.57 Å². The number of anilines is 3. The van der Waals surface area contributed by atoms with Crippen LogP contribution in [0, 0.1) is 0 Å². The molecule has 3 nitrogen and oxygen atoms in total. The van der Waals surface area contributed by atoms with Crippen LogP contribution < -0.4 is 4.90 Å². The average molecular weight is 855 g/mol. The first-order valence-electron chi connectivity index (χ1n) is 22.9. The van der Waals surface area contributed by atoms with Crippen molar-refractivity contribution in [3.05, 3.63) is 255 Å². The van der Waals surface area contributed by atoms with Gasteiger partial charge >= 0.3 is 0 Å². The Hall–Kier alpha value is -8.92. The molecule has 0 N–H and O–H groups in total. The van der Waals surface area contributed by atoms with E-state index in [0.717, 1.165) is 72.5 Å². The minimum atomic E-state index is 0.888. The Morgan fingerprint density at radius 2 is 0.896 bits per heavy atom. The van der Waals surface area contributed by atoms with Gasteiger partial charge in [0.1, 0.15) is 11.2 Å². The van der Waals surface area contributed by atoms with Gasteiger partial charge < -0.3 is 13.9 Å². The maximum Gasteiger partial charge on any atom is 0.143 e. The summed E-state index contributed by atoms with van der Waals surface area (Å²) in [6.07, 6.45) is 0. The van der Waals surface area contributed by atoms with Gasteiger partial charge in [0.25, 0.3) is 0 Å². The van der Waals surface area contributed by atoms with Crippen molar-refractivity contribution < 1.29 is 4.42 Å². The second-order valence-corrected chi connectivity index (χ2v) is 17.2. The standard InChI is InChI=1S/C64H42N2O/c1-3-19-43(20-4-1)50-31-16-21-44-22-17-33-55(63(44)50)52-28-8-12-36-59(52)66(48-26-15-23-45(41-48)51-32-18-34-56-54-30-10-14-38-62(54)67-64(51)56)58-35-11-7-27-49(58)46-39-40-61-57(42-46)53-29-9-13-37-60(53)65(61)47-24-5-2-6-25-47/h1-42H. The zero-order chi connectivity index (χ0) is 44.3. The van der Waals surface area contributed by atoms with E-state index in [9.17, 15) is 0 Å². The molecule has 11 aromatic carbocycles. The highest BCUT2D eigenvalue weighted by molar-refractivity contribution is 6.13. The molecule has 2 aromatic heterocycles. The van der Waals surface area contributed by atoms with Gasteiger partial charge in [0, 0.05) is 49.6 Å². The number of benzene rings is 11. The van der Waals surface area contributed by atoms with Crippen LogP contribution >= 0.6 is 0 Å². The van der Waals surface area contributed by atoms with Crippen molar-refractivity contribution >= 4 is 71.6 Å². The number of hydrogen-bond acceptors (Lipinski definition) is 2. The normalized spacial score (nSPS) is 11.6. The summed E-state index contributed by atoms with van der Waals surface area (Å²) in [5.41, 5.74) is 17.6. The summed E-state index contributed by atoms with van der Waals surface area (Å²) in [5.74, 6) is 0. The van der Waals surface area contributed by atoms with Crippen molar-refractivity contribution in [2.45, 2.75) is 0 Å². The van der Waals surface area contributed by atoms with Crippen molar-refractivity contribution in [1.82, 2.24) is 4.57 Å². The predicted octanol–water partition coefficient (Wildman–Crippen LogP) is 18.0. The van der Waals surface area contributed by atoms with Crippen LogP contribution in [0.3, 0.4) is 0 Å². The molecule has 0 spiro atoms. The van der Waals surface area contributed by atoms with Crippen LogP contribution in [0.5, 0.6) is 0 Å². The van der Waals surface area contributed by atoms with Gasteiger partial charge in [-0.2, -0.15) is 0 Å². The summed E-state index contributed by atoms with van der Waals surface area (Å²) >= 11 is 0. The van der Waals surface area contributed by atoms with Crippen LogP contribution in [-0.2, 0) is 0 Å². The van der Waals surface area contributed by atoms with Gasteiger partial charge in [-0.25, -0.2) is 0 Å². The van der Waals surface area contributed by atoms with Gasteiger partial charge in [0.2, 0.25) is 0 Å². The van der Waals surface area contributed by atoms with Gasteiger partial charge in [-0.3, -0.25) is 0 Å². The fourth-order valence-electron chi connectivity index (χ4n) is 10.4. The molecule has 0 fully saturated rings. The minimum absolute atomic E-state index is 0.888. The Labute approximate surface area is 388 Å². The van der Waals surface area contributed by atoms with Crippen LogP contribution in [0.25, 0.3) is 105 Å². The lowest BCUT2D eigenvalue weighted by molar-refractivity contribution is 0.670. The fraction of sp³-hybridized carbons (Fsp3) is 0. The molecule has 0 amide bonds. The van der Waals surface area contributed by atoms with Gasteiger partial charge in [-0.1, -0.05) is 194 Å². The van der Waals surface area contributed by atoms with Crippen LogP contribution in [0.4, 0.5) is 17.1 Å². The monoisotopic (exact) mass is 854 g/mol. The molecule has 13 aromatic rings. The van der Waals surface area contributed by atoms with E-state index in [1.54, 1.807) is 0 Å². The average Bonchev–Trinajstić information content (AvgIpc) is 3.95. The van der Waals surface area contributed by atoms with E-state index >= 15 is 0 Å². The quantitative estimate of drug-likeness (QED) is 0.152. The van der Waals surface area contributed by atoms with Gasteiger partial charge in [-0.15, -0.1) is 0 Å². The molecule has 67 heavy (non-hydrogen) atoms. The molecule has 0 aliphatic rings. The molecule has 13 rings (SSSR count). The predicted molar refractivity (Wildman–Crippen MR) is 282 cm³/mol. The number of furan rings is 1. The lowest BCUT2D eigenvalue weighted by Gasteiger charge is -2.30. The highest BCUT2D eigenvalue weighted by atomic mass is 16.3. The molecule has 3 heteroatoms. The summed E-state index contributed by atoms with van der Waals surface area (Å²) in [6, 6.07) is 92.0. The fourth-order valence-corrected chi connectivity index (χ4v) is 10.4. The maximum atomic E-state index is 6.63. The van der Waals surface area contributed by atoms with Gasteiger partial charge in [0.15, 0.2) is 0 Å². The first kappa shape index (κ1) is 38.5. The van der Waals surface area contributed by atoms with Crippen molar-refractivity contribution in [1.29, 1.82) is 0 Å². The third kappa shape index (κ3) is 6.43. The number of para-hydroxylation sites is 6. The minimum Gasteiger partial charge on any atom is -0.455 e. The topological polar surface area (TPSA) is 21.3 Å². The Bertz CT molecular complexity index is 3990. The number of hydrogen-bond donors (Lipinski definition) is 0. The van der Waals surface area contributed by atoms with E-state index in [1.165, 1.54) is 49.3 Å². The zero-order valence-corrected chi connectivity index (χ0v) is 36.6. The Balaban J connectivity index is 1.06. The van der Waals surface area contributed by atoms with E-state index in [2.05, 4.69) is 258 Å². The third-order valence-corrected chi connectivity index (χ3v) is 13.4. The molecule has 0 bridgehead atoms. The van der Waals surface area contributed by atoms with E-state index in [1.807, 2.05) is 6.07 Å². The van der Waals surface area contributed by atoms with Crippen molar-refractivity contribution in [3.63, 3.8) is 0 Å². The number of fused-ring (bicyclic) bond motifs is 7. The van der Waals surface area contributed by atoms with E-state index in [4.69, 9.17) is 4.42 Å². The lowest BCUT2D eigenvalue weighted by Crippen LogP contribution is -2.12. The molecule has 0 aliphatic carbocycles. The number of nitrogens with zero attached hydrogens (tertiary/aromatic N) is 2. The van der Waals surface area contributed by atoms with Crippen molar-refractivity contribution in [3.8, 4) is 50.2 Å². The van der Waals surface area contributed by atoms with E-state index in [0.29, 0.717) is 0 Å². The Kier molecular flexibility index (Phi) is 9.17. The van der Waals surface area contributed by atoms with Crippen LogP contribution in [0.2, 0.25) is 0 Å². The summed E-state index contributed by atoms with van der Waals surface area (Å²) in [7, 11) is 0. The SMILES string of the molecule is c1ccc(-c2cccc3cccc(-c4ccccc4N(c4cccc(-c5cccc6c5oc5ccccc56)c4)c4ccccc4-c4ccc5c(c4)c4ccccc4n5-c4ccccc4)c23)cc1. The first-order valence-corrected chi connectivity index (χ1v) is 22.9. The largest absolute Gasteiger partial charge is 0.455 e. The molecule has 0 saturated carbocycles. The molecular weight excluding hydrogens is 813 g/mol. The maximum absolute atomic E-state index is 6.63. The second kappa shape index (κ2) is 16.0. The summed E-state index contributed by atoms with van der Waals surface area (Å²) < 4.78 is 9.01. The first-order chi connectivity index (χ1) is 33.3. The number of aromatic nitrogens is 1. The molecule has 0 atom stereocenters. The Morgan fingerprint density at radius 3 is 1.73 bits per heavy atom. The third-order valence-electron chi connectivity index (χ3n) is 13.4. The molecule has 2 heterocycles. The smallest absolute Gasteiger partial charge is 0.143 e. The highest BCUT2D eigenvalue weighted by Crippen LogP contribution is 2.49. The molecule has 0 saturated heterocycles. The Morgan fingerprint density at radius 1 is 0.328 bits per heavy atom. The van der Waals surface area contributed by atoms with Gasteiger partial charge in [-0.05, 0) is 99.3 Å². The molecular formula is C64H42N2O. The van der Waals surface area contributed by atoms with E-state index < -0.39 is 0 Å². The van der Waals surface area contributed by atoms with Crippen molar-refractivity contribution in [2.75, 3.05) is 4.90 Å². The lowest BCUT2D eigenvalue weighted by atomic mass is 9.90. The molecule has 0 aliphatic heterocycles. The highest BCUT2D eigenvalue weighted by Gasteiger charge is 2.24. The van der Waals surface area contributed by atoms with Gasteiger partial charge in [0.05, 0.1) is 22.4 Å². The second-order valence-electron chi connectivity index (χ2n) is 17.2. The van der Waals surface area contributed by atoms with E-state index in [-0.39, 0.29) is 0 Å². The van der Waals surface area contributed by atoms with Crippen LogP contribution in [0.15, 0.2) is 259 Å². The molecule has 0 radical (unpaired) electrons. The molecule has 0 unspecified atom stereocenters. The summed E-state index contributed by atoms with van der Waals surface area (Å²) in [6.45, 7) is 0. The zero-order valence-electron chi connectivity index (χ0n) is 36.6.